The summed E-state index contributed by atoms with van der Waals surface area (Å²) in [5.74, 6) is 0.897. The second-order valence-electron chi connectivity index (χ2n) is 6.15. The van der Waals surface area contributed by atoms with Crippen molar-refractivity contribution in [1.29, 1.82) is 0 Å². The van der Waals surface area contributed by atoms with Gasteiger partial charge in [0.2, 0.25) is 10.0 Å². The van der Waals surface area contributed by atoms with Crippen molar-refractivity contribution in [3.05, 3.63) is 29.8 Å². The summed E-state index contributed by atoms with van der Waals surface area (Å²) in [5.41, 5.74) is 0.856. The Morgan fingerprint density at radius 3 is 2.71 bits per heavy atom. The van der Waals surface area contributed by atoms with Crippen LogP contribution in [0.4, 0.5) is 0 Å². The third-order valence-corrected chi connectivity index (χ3v) is 7.08. The molecule has 5 heteroatoms. The van der Waals surface area contributed by atoms with Crippen molar-refractivity contribution in [2.45, 2.75) is 55.3 Å². The van der Waals surface area contributed by atoms with Crippen LogP contribution in [0.2, 0.25) is 0 Å². The van der Waals surface area contributed by atoms with Gasteiger partial charge < -0.3 is 0 Å². The van der Waals surface area contributed by atoms with E-state index in [9.17, 15) is 8.42 Å². The maximum absolute atomic E-state index is 13.0. The summed E-state index contributed by atoms with van der Waals surface area (Å²) in [6.45, 7) is 0.661. The minimum Gasteiger partial charge on any atom is -0.207 e. The normalized spacial score (nSPS) is 27.3. The molecule has 21 heavy (non-hydrogen) atoms. The highest BCUT2D eigenvalue weighted by Crippen LogP contribution is 2.38. The molecule has 1 saturated heterocycles. The zero-order chi connectivity index (χ0) is 14.9. The molecule has 116 valence electrons. The van der Waals surface area contributed by atoms with E-state index in [0.717, 1.165) is 24.8 Å². The van der Waals surface area contributed by atoms with E-state index >= 15 is 0 Å². The van der Waals surface area contributed by atoms with Crippen LogP contribution in [0, 0.1) is 5.92 Å². The zero-order valence-corrected chi connectivity index (χ0v) is 13.7. The van der Waals surface area contributed by atoms with Gasteiger partial charge in [-0.05, 0) is 49.3 Å². The first-order valence-corrected chi connectivity index (χ1v) is 9.77. The molecule has 0 spiro atoms. The number of fused-ring (bicyclic) bond motifs is 1. The second-order valence-corrected chi connectivity index (χ2v) is 8.31. The molecular weight excluding hydrogens is 306 g/mol. The van der Waals surface area contributed by atoms with Crippen molar-refractivity contribution < 1.29 is 8.42 Å². The lowest BCUT2D eigenvalue weighted by Gasteiger charge is -2.43. The van der Waals surface area contributed by atoms with Gasteiger partial charge in [-0.2, -0.15) is 4.31 Å². The third kappa shape index (κ3) is 2.99. The van der Waals surface area contributed by atoms with E-state index in [1.807, 2.05) is 6.07 Å². The lowest BCUT2D eigenvalue weighted by Crippen LogP contribution is -2.49. The van der Waals surface area contributed by atoms with E-state index in [4.69, 9.17) is 11.6 Å². The summed E-state index contributed by atoms with van der Waals surface area (Å²) in [4.78, 5) is 0.395. The average molecular weight is 328 g/mol. The van der Waals surface area contributed by atoms with Crippen LogP contribution < -0.4 is 0 Å². The molecule has 0 bridgehead atoms. The van der Waals surface area contributed by atoms with Gasteiger partial charge in [0.05, 0.1) is 4.90 Å². The van der Waals surface area contributed by atoms with Crippen LogP contribution in [0.15, 0.2) is 29.2 Å². The number of benzene rings is 1. The second kappa shape index (κ2) is 6.27. The number of nitrogens with zero attached hydrogens (tertiary/aromatic N) is 1. The van der Waals surface area contributed by atoms with E-state index in [2.05, 4.69) is 0 Å². The molecule has 1 heterocycles. The van der Waals surface area contributed by atoms with Gasteiger partial charge in [0.1, 0.15) is 0 Å². The monoisotopic (exact) mass is 327 g/mol. The Kier molecular flexibility index (Phi) is 4.57. The Morgan fingerprint density at radius 1 is 1.14 bits per heavy atom. The first-order chi connectivity index (χ1) is 10.1. The van der Waals surface area contributed by atoms with Gasteiger partial charge in [0.15, 0.2) is 0 Å². The van der Waals surface area contributed by atoms with Crippen molar-refractivity contribution in [2.24, 2.45) is 5.92 Å². The average Bonchev–Trinajstić information content (AvgIpc) is 2.54. The summed E-state index contributed by atoms with van der Waals surface area (Å²) < 4.78 is 27.8. The van der Waals surface area contributed by atoms with Crippen LogP contribution in [-0.2, 0) is 15.9 Å². The summed E-state index contributed by atoms with van der Waals surface area (Å²) >= 11 is 5.84. The van der Waals surface area contributed by atoms with Crippen LogP contribution in [0.5, 0.6) is 0 Å². The highest BCUT2D eigenvalue weighted by Gasteiger charge is 2.39. The van der Waals surface area contributed by atoms with Crippen LogP contribution in [0.1, 0.15) is 44.1 Å². The number of halogens is 1. The molecule has 3 rings (SSSR count). The fraction of sp³-hybridized carbons (Fsp3) is 0.625. The fourth-order valence-corrected chi connectivity index (χ4v) is 5.79. The Balaban J connectivity index is 1.92. The minimum atomic E-state index is -3.39. The van der Waals surface area contributed by atoms with Gasteiger partial charge in [-0.15, -0.1) is 11.6 Å². The topological polar surface area (TPSA) is 37.4 Å². The predicted molar refractivity (Wildman–Crippen MR) is 84.9 cm³/mol. The van der Waals surface area contributed by atoms with Gasteiger partial charge in [0.25, 0.3) is 0 Å². The predicted octanol–water partition coefficient (Wildman–Crippen LogP) is 3.77. The van der Waals surface area contributed by atoms with E-state index < -0.39 is 10.0 Å². The van der Waals surface area contributed by atoms with E-state index in [1.165, 1.54) is 19.3 Å². The highest BCUT2D eigenvalue weighted by atomic mass is 35.5. The van der Waals surface area contributed by atoms with Gasteiger partial charge >= 0.3 is 0 Å². The molecule has 0 amide bonds. The molecule has 1 saturated carbocycles. The van der Waals surface area contributed by atoms with E-state index in [1.54, 1.807) is 22.5 Å². The third-order valence-electron chi connectivity index (χ3n) is 4.85. The Morgan fingerprint density at radius 2 is 1.90 bits per heavy atom. The molecule has 0 N–H and O–H groups in total. The van der Waals surface area contributed by atoms with Crippen molar-refractivity contribution in [2.75, 3.05) is 6.54 Å². The molecule has 1 aromatic carbocycles. The smallest absolute Gasteiger partial charge is 0.207 e. The van der Waals surface area contributed by atoms with E-state index in [0.29, 0.717) is 23.2 Å². The molecule has 2 aliphatic rings. The van der Waals surface area contributed by atoms with Crippen LogP contribution >= 0.6 is 11.6 Å². The minimum absolute atomic E-state index is 0.206. The summed E-state index contributed by atoms with van der Waals surface area (Å²) in [7, 11) is -3.39. The fourth-order valence-electron chi connectivity index (χ4n) is 3.80. The molecule has 1 aromatic rings. The van der Waals surface area contributed by atoms with Gasteiger partial charge in [0, 0.05) is 18.5 Å². The first kappa shape index (κ1) is 15.3. The van der Waals surface area contributed by atoms with Gasteiger partial charge in [-0.25, -0.2) is 8.42 Å². The Hall–Kier alpha value is -0.580. The number of hydrogen-bond donors (Lipinski definition) is 0. The van der Waals surface area contributed by atoms with E-state index in [-0.39, 0.29) is 6.04 Å². The molecule has 1 aliphatic heterocycles. The first-order valence-electron chi connectivity index (χ1n) is 7.79. The summed E-state index contributed by atoms with van der Waals surface area (Å²) in [6.07, 6.45) is 6.75. The maximum Gasteiger partial charge on any atom is 0.243 e. The number of hydrogen-bond acceptors (Lipinski definition) is 2. The lowest BCUT2D eigenvalue weighted by molar-refractivity contribution is 0.129. The maximum atomic E-state index is 13.0. The van der Waals surface area contributed by atoms with Crippen LogP contribution in [-0.4, -0.2) is 25.3 Å². The van der Waals surface area contributed by atoms with Crippen molar-refractivity contribution in [3.63, 3.8) is 0 Å². The quantitative estimate of drug-likeness (QED) is 0.792. The highest BCUT2D eigenvalue weighted by molar-refractivity contribution is 7.89. The van der Waals surface area contributed by atoms with Crippen molar-refractivity contribution in [1.82, 2.24) is 4.31 Å². The molecule has 0 aromatic heterocycles. The SMILES string of the molecule is O=S(=O)(c1cccc(CCl)c1)N1CCC[C@H]2CCCC[C@H]21. The number of sulfonamides is 1. The Labute approximate surface area is 132 Å². The number of piperidine rings is 1. The summed E-state index contributed by atoms with van der Waals surface area (Å²) in [5, 5.41) is 0. The largest absolute Gasteiger partial charge is 0.243 e. The molecule has 2 fully saturated rings. The van der Waals surface area contributed by atoms with Gasteiger partial charge in [-0.1, -0.05) is 25.0 Å². The standard InChI is InChI=1S/C16H22ClNO2S/c17-12-13-5-3-8-15(11-13)21(19,20)18-10-4-7-14-6-1-2-9-16(14)18/h3,5,8,11,14,16H,1-2,4,6-7,9-10,12H2/t14-,16-/m1/s1. The summed E-state index contributed by atoms with van der Waals surface area (Å²) in [6, 6.07) is 7.27. The molecule has 0 unspecified atom stereocenters. The van der Waals surface area contributed by atoms with Crippen molar-refractivity contribution in [3.8, 4) is 0 Å². The Bertz CT molecular complexity index is 600. The zero-order valence-electron chi connectivity index (χ0n) is 12.2. The number of alkyl halides is 1. The van der Waals surface area contributed by atoms with Crippen molar-refractivity contribution >= 4 is 21.6 Å². The number of rotatable bonds is 3. The molecule has 1 aliphatic carbocycles. The molecular formula is C16H22ClNO2S. The van der Waals surface area contributed by atoms with Gasteiger partial charge in [-0.3, -0.25) is 0 Å². The van der Waals surface area contributed by atoms with Crippen LogP contribution in [0.25, 0.3) is 0 Å². The molecule has 2 atom stereocenters. The molecule has 3 nitrogen and oxygen atoms in total. The van der Waals surface area contributed by atoms with Crippen LogP contribution in [0.3, 0.4) is 0 Å². The lowest BCUT2D eigenvalue weighted by atomic mass is 9.79. The molecule has 0 radical (unpaired) electrons.